The molecule has 0 aliphatic carbocycles. The number of rotatable bonds is 7. The van der Waals surface area contributed by atoms with Gasteiger partial charge in [0.15, 0.2) is 0 Å². The van der Waals surface area contributed by atoms with E-state index in [2.05, 4.69) is 25.6 Å². The minimum absolute atomic E-state index is 0.0558. The number of benzene rings is 1. The first-order valence-corrected chi connectivity index (χ1v) is 14.2. The fourth-order valence-corrected chi connectivity index (χ4v) is 4.88. The smallest absolute Gasteiger partial charge is 0.410 e. The molecule has 1 unspecified atom stereocenters. The van der Waals surface area contributed by atoms with Gasteiger partial charge in [-0.25, -0.2) is 19.6 Å². The average molecular weight is 579 g/mol. The van der Waals surface area contributed by atoms with Gasteiger partial charge in [-0.05, 0) is 64.3 Å². The fourth-order valence-electron chi connectivity index (χ4n) is 4.88. The topological polar surface area (TPSA) is 147 Å². The first-order chi connectivity index (χ1) is 20.0. The van der Waals surface area contributed by atoms with Crippen LogP contribution in [0.5, 0.6) is 0 Å². The van der Waals surface area contributed by atoms with Crippen molar-refractivity contribution in [2.45, 2.75) is 71.4 Å². The van der Waals surface area contributed by atoms with Crippen molar-refractivity contribution in [3.8, 4) is 11.3 Å². The van der Waals surface area contributed by atoms with Crippen molar-refractivity contribution in [3.63, 3.8) is 0 Å². The third kappa shape index (κ3) is 7.96. The number of aliphatic imine (C=N–C) groups is 1. The number of likely N-dealkylation sites (tertiary alicyclic amines) is 1. The van der Waals surface area contributed by atoms with Crippen LogP contribution in [-0.2, 0) is 16.0 Å². The highest BCUT2D eigenvalue weighted by Crippen LogP contribution is 2.32. The molecule has 2 aliphatic rings. The van der Waals surface area contributed by atoms with Crippen LogP contribution in [0.4, 0.5) is 15.5 Å². The van der Waals surface area contributed by atoms with Crippen molar-refractivity contribution in [3.05, 3.63) is 53.5 Å². The van der Waals surface area contributed by atoms with Crippen LogP contribution in [0.2, 0.25) is 0 Å². The number of hydrogen-bond donors (Lipinski definition) is 3. The van der Waals surface area contributed by atoms with Gasteiger partial charge >= 0.3 is 12.1 Å². The van der Waals surface area contributed by atoms with E-state index in [1.165, 1.54) is 6.20 Å². The number of allylic oxidation sites excluding steroid dienone is 1. The second kappa shape index (κ2) is 13.2. The lowest BCUT2D eigenvalue weighted by atomic mass is 9.96. The van der Waals surface area contributed by atoms with Gasteiger partial charge in [-0.2, -0.15) is 0 Å². The van der Waals surface area contributed by atoms with Gasteiger partial charge in [0.25, 0.3) is 0 Å². The van der Waals surface area contributed by atoms with Crippen molar-refractivity contribution in [2.24, 2.45) is 10.7 Å². The summed E-state index contributed by atoms with van der Waals surface area (Å²) in [7, 11) is 1.65. The second-order valence-electron chi connectivity index (χ2n) is 11.7. The Morgan fingerprint density at radius 2 is 1.95 bits per heavy atom. The monoisotopic (exact) mass is 578 g/mol. The summed E-state index contributed by atoms with van der Waals surface area (Å²) in [5, 5.41) is 6.25. The molecule has 0 saturated carbocycles. The Morgan fingerprint density at radius 1 is 1.19 bits per heavy atom. The number of hydrogen-bond acceptors (Lipinski definition) is 9. The van der Waals surface area contributed by atoms with Crippen molar-refractivity contribution in [2.75, 3.05) is 32.0 Å². The molecule has 0 spiro atoms. The van der Waals surface area contributed by atoms with E-state index in [0.29, 0.717) is 49.9 Å². The Kier molecular flexibility index (Phi) is 9.66. The minimum atomic E-state index is -0.628. The number of anilines is 1. The molecule has 1 saturated heterocycles. The maximum atomic E-state index is 13.1. The van der Waals surface area contributed by atoms with Crippen molar-refractivity contribution >= 4 is 24.3 Å². The summed E-state index contributed by atoms with van der Waals surface area (Å²) >= 11 is 0. The van der Waals surface area contributed by atoms with Crippen LogP contribution in [0.3, 0.4) is 0 Å². The number of amides is 3. The van der Waals surface area contributed by atoms with E-state index in [4.69, 9.17) is 15.2 Å². The molecule has 1 aromatic heterocycles. The van der Waals surface area contributed by atoms with Crippen LogP contribution in [0.15, 0.2) is 47.4 Å². The van der Waals surface area contributed by atoms with Crippen LogP contribution in [0.25, 0.3) is 11.3 Å². The fraction of sp³-hybridized carbons (Fsp3) is 0.500. The molecule has 1 fully saturated rings. The van der Waals surface area contributed by atoms with E-state index < -0.39 is 11.7 Å². The SMILES string of the molecule is CN=CC(=CN)Nc1nccc(-c2ccc3c(c2)CN(C(=O)OC(C)(C)C)CCC3NC(=O)N2CC(OC(C)C)C2)n1. The predicted molar refractivity (Wildman–Crippen MR) is 162 cm³/mol. The van der Waals surface area contributed by atoms with Crippen molar-refractivity contribution < 1.29 is 19.1 Å². The number of carbonyl (C=O) groups excluding carboxylic acids is 2. The molecule has 1 aromatic carbocycles. The van der Waals surface area contributed by atoms with E-state index in [1.807, 2.05) is 58.9 Å². The van der Waals surface area contributed by atoms with Gasteiger partial charge in [0.05, 0.1) is 42.7 Å². The number of urea groups is 1. The van der Waals surface area contributed by atoms with Gasteiger partial charge < -0.3 is 35.6 Å². The Morgan fingerprint density at radius 3 is 2.62 bits per heavy atom. The van der Waals surface area contributed by atoms with Gasteiger partial charge in [0.2, 0.25) is 5.95 Å². The first-order valence-electron chi connectivity index (χ1n) is 14.2. The van der Waals surface area contributed by atoms with Gasteiger partial charge in [-0.1, -0.05) is 12.1 Å². The number of nitrogens with zero attached hydrogens (tertiary/aromatic N) is 5. The molecule has 2 aliphatic heterocycles. The van der Waals surface area contributed by atoms with Gasteiger partial charge in [0.1, 0.15) is 5.60 Å². The summed E-state index contributed by atoms with van der Waals surface area (Å²) in [6.07, 6.45) is 4.96. The summed E-state index contributed by atoms with van der Waals surface area (Å²) in [5.41, 5.74) is 8.99. The van der Waals surface area contributed by atoms with Gasteiger partial charge in [0, 0.05) is 44.3 Å². The van der Waals surface area contributed by atoms with Crippen LogP contribution >= 0.6 is 0 Å². The van der Waals surface area contributed by atoms with Crippen LogP contribution < -0.4 is 16.4 Å². The van der Waals surface area contributed by atoms with E-state index in [1.54, 1.807) is 29.3 Å². The minimum Gasteiger partial charge on any atom is -0.444 e. The first kappa shape index (κ1) is 30.8. The third-order valence-corrected chi connectivity index (χ3v) is 6.77. The van der Waals surface area contributed by atoms with E-state index in [0.717, 1.165) is 16.7 Å². The molecule has 4 N–H and O–H groups in total. The predicted octanol–water partition coefficient (Wildman–Crippen LogP) is 4.06. The molecule has 12 nitrogen and oxygen atoms in total. The zero-order chi connectivity index (χ0) is 30.4. The Balaban J connectivity index is 1.59. The lowest BCUT2D eigenvalue weighted by Crippen LogP contribution is -2.58. The Labute approximate surface area is 247 Å². The van der Waals surface area contributed by atoms with E-state index >= 15 is 0 Å². The van der Waals surface area contributed by atoms with E-state index in [9.17, 15) is 9.59 Å². The Hall–Kier alpha value is -4.19. The van der Waals surface area contributed by atoms with Gasteiger partial charge in [-0.15, -0.1) is 0 Å². The number of nitrogens with one attached hydrogen (secondary N) is 2. The van der Waals surface area contributed by atoms with Crippen LogP contribution in [0.1, 0.15) is 58.2 Å². The van der Waals surface area contributed by atoms with Crippen LogP contribution in [-0.4, -0.2) is 82.6 Å². The zero-order valence-electron chi connectivity index (χ0n) is 25.3. The number of carbonyl (C=O) groups is 2. The molecule has 42 heavy (non-hydrogen) atoms. The molecule has 0 radical (unpaired) electrons. The van der Waals surface area contributed by atoms with E-state index in [-0.39, 0.29) is 24.3 Å². The molecule has 1 atom stereocenters. The Bertz CT molecular complexity index is 1330. The average Bonchev–Trinajstić information content (AvgIpc) is 3.08. The maximum absolute atomic E-state index is 13.1. The highest BCUT2D eigenvalue weighted by atomic mass is 16.6. The molecule has 2 aromatic rings. The van der Waals surface area contributed by atoms with Crippen LogP contribution in [0, 0.1) is 0 Å². The summed E-state index contributed by atoms with van der Waals surface area (Å²) in [5.74, 6) is 0.369. The molecular weight excluding hydrogens is 536 g/mol. The van der Waals surface area contributed by atoms with Crippen molar-refractivity contribution in [1.82, 2.24) is 25.1 Å². The molecule has 12 heteroatoms. The molecule has 226 valence electrons. The zero-order valence-corrected chi connectivity index (χ0v) is 25.3. The lowest BCUT2D eigenvalue weighted by Gasteiger charge is -2.40. The second-order valence-corrected chi connectivity index (χ2v) is 11.7. The summed E-state index contributed by atoms with van der Waals surface area (Å²) in [6, 6.07) is 7.36. The molecule has 3 heterocycles. The molecular formula is C30H42N8O4. The highest BCUT2D eigenvalue weighted by molar-refractivity contribution is 5.82. The summed E-state index contributed by atoms with van der Waals surface area (Å²) in [6.45, 7) is 11.4. The van der Waals surface area contributed by atoms with Gasteiger partial charge in [-0.3, -0.25) is 4.99 Å². The number of ether oxygens (including phenoxy) is 2. The standard InChI is InChI=1S/C30H42N8O4/c1-19(2)41-23-17-38(18-23)28(39)36-26-10-12-37(29(40)42-30(3,4)5)16-21-13-20(7-8-24(21)26)25-9-11-33-27(35-25)34-22(14-31)15-32-6/h7-9,11,13-15,19,23,26H,10,12,16-18,31H2,1-6H3,(H,36,39)(H,33,34,35). The maximum Gasteiger partial charge on any atom is 0.410 e. The molecule has 4 rings (SSSR count). The third-order valence-electron chi connectivity index (χ3n) is 6.77. The normalized spacial score (nSPS) is 18.0. The number of aromatic nitrogens is 2. The number of nitrogens with two attached hydrogens (primary N) is 1. The lowest BCUT2D eigenvalue weighted by molar-refractivity contribution is -0.0644. The van der Waals surface area contributed by atoms with Crippen molar-refractivity contribution in [1.29, 1.82) is 0 Å². The summed E-state index contributed by atoms with van der Waals surface area (Å²) in [4.78, 5) is 42.6. The largest absolute Gasteiger partial charge is 0.444 e. The quantitative estimate of drug-likeness (QED) is 0.417. The summed E-state index contributed by atoms with van der Waals surface area (Å²) < 4.78 is 11.5. The highest BCUT2D eigenvalue weighted by Gasteiger charge is 2.35. The molecule has 0 bridgehead atoms. The molecule has 3 amide bonds. The number of fused-ring (bicyclic) bond motifs is 1.